The number of phenols is 1. The number of carbonyl (C=O) groups is 1. The van der Waals surface area contributed by atoms with Crippen LogP contribution in [0.25, 0.3) is 0 Å². The summed E-state index contributed by atoms with van der Waals surface area (Å²) in [6, 6.07) is 9.14. The van der Waals surface area contributed by atoms with E-state index in [2.05, 4.69) is 13.8 Å². The fourth-order valence-corrected chi connectivity index (χ4v) is 3.14. The summed E-state index contributed by atoms with van der Waals surface area (Å²) < 4.78 is 5.50. The van der Waals surface area contributed by atoms with Crippen LogP contribution < -0.4 is 0 Å². The topological polar surface area (TPSA) is 46.5 Å². The first-order chi connectivity index (χ1) is 13.0. The molecular weight excluding hydrogens is 360 g/mol. The van der Waals surface area contributed by atoms with E-state index in [1.165, 1.54) is 0 Å². The largest absolute Gasteiger partial charge is 0.507 e. The van der Waals surface area contributed by atoms with Crippen LogP contribution in [0.4, 0.5) is 0 Å². The fourth-order valence-electron chi connectivity index (χ4n) is 3.02. The zero-order valence-corrected chi connectivity index (χ0v) is 17.2. The Morgan fingerprint density at radius 1 is 1.04 bits per heavy atom. The van der Waals surface area contributed by atoms with E-state index >= 15 is 0 Å². The lowest BCUT2D eigenvalue weighted by Gasteiger charge is -2.13. The number of phenolic OH excluding ortho intramolecular Hbond substituents is 1. The van der Waals surface area contributed by atoms with Crippen molar-refractivity contribution in [3.05, 3.63) is 63.2 Å². The molecule has 0 fully saturated rings. The monoisotopic (exact) mass is 388 g/mol. The number of rotatable bonds is 9. The van der Waals surface area contributed by atoms with E-state index in [1.807, 2.05) is 25.1 Å². The molecular formula is C23H29ClO3. The molecule has 0 bridgehead atoms. The molecule has 0 spiro atoms. The summed E-state index contributed by atoms with van der Waals surface area (Å²) in [5.41, 5.74) is 4.04. The molecule has 1 N–H and O–H groups in total. The van der Waals surface area contributed by atoms with Gasteiger partial charge in [0.05, 0.1) is 5.56 Å². The summed E-state index contributed by atoms with van der Waals surface area (Å²) in [6.07, 6.45) is 5.55. The molecule has 0 aliphatic carbocycles. The van der Waals surface area contributed by atoms with Crippen molar-refractivity contribution in [2.24, 2.45) is 0 Å². The summed E-state index contributed by atoms with van der Waals surface area (Å²) in [5, 5.41) is 11.2. The van der Waals surface area contributed by atoms with E-state index in [-0.39, 0.29) is 12.6 Å². The molecule has 0 atom stereocenters. The van der Waals surface area contributed by atoms with Gasteiger partial charge in [-0.25, -0.2) is 4.79 Å². The minimum atomic E-state index is -0.363. The lowest BCUT2D eigenvalue weighted by Crippen LogP contribution is -2.07. The molecule has 4 heteroatoms. The second kappa shape index (κ2) is 10.4. The number of hydrogen-bond acceptors (Lipinski definition) is 3. The number of ether oxygens (including phenoxy) is 1. The number of carbonyl (C=O) groups excluding carboxylic acids is 1. The van der Waals surface area contributed by atoms with Crippen LogP contribution in [-0.2, 0) is 24.2 Å². The van der Waals surface area contributed by atoms with Crippen LogP contribution in [-0.4, -0.2) is 11.1 Å². The molecule has 0 amide bonds. The van der Waals surface area contributed by atoms with Gasteiger partial charge in [-0.05, 0) is 73.1 Å². The minimum Gasteiger partial charge on any atom is -0.507 e. The molecule has 0 heterocycles. The molecule has 3 nitrogen and oxygen atoms in total. The van der Waals surface area contributed by atoms with Gasteiger partial charge in [-0.2, -0.15) is 0 Å². The minimum absolute atomic E-state index is 0.201. The summed E-state index contributed by atoms with van der Waals surface area (Å²) in [4.78, 5) is 12.6. The Morgan fingerprint density at radius 3 is 2.15 bits per heavy atom. The van der Waals surface area contributed by atoms with Crippen molar-refractivity contribution in [1.29, 1.82) is 0 Å². The van der Waals surface area contributed by atoms with E-state index in [1.54, 1.807) is 12.1 Å². The van der Waals surface area contributed by atoms with Crippen LogP contribution in [0.1, 0.15) is 72.1 Å². The average molecular weight is 389 g/mol. The van der Waals surface area contributed by atoms with Gasteiger partial charge in [-0.1, -0.05) is 50.4 Å². The number of aromatic hydroxyl groups is 1. The van der Waals surface area contributed by atoms with Crippen LogP contribution in [0, 0.1) is 6.92 Å². The third kappa shape index (κ3) is 6.00. The molecule has 2 rings (SSSR count). The van der Waals surface area contributed by atoms with Crippen LogP contribution in [0.15, 0.2) is 30.3 Å². The van der Waals surface area contributed by atoms with E-state index in [4.69, 9.17) is 16.3 Å². The molecule has 2 aromatic rings. The van der Waals surface area contributed by atoms with Crippen LogP contribution in [0.5, 0.6) is 5.75 Å². The van der Waals surface area contributed by atoms with E-state index in [0.717, 1.165) is 60.8 Å². The summed E-state index contributed by atoms with van der Waals surface area (Å²) in [6.45, 7) is 6.35. The summed E-state index contributed by atoms with van der Waals surface area (Å²) in [7, 11) is 0. The number of halogens is 1. The normalized spacial score (nSPS) is 10.8. The van der Waals surface area contributed by atoms with Gasteiger partial charge in [0, 0.05) is 5.02 Å². The predicted molar refractivity (Wildman–Crippen MR) is 111 cm³/mol. The smallest absolute Gasteiger partial charge is 0.338 e. The Morgan fingerprint density at radius 2 is 1.63 bits per heavy atom. The Bertz CT molecular complexity index is 754. The Labute approximate surface area is 167 Å². The predicted octanol–water partition coefficient (Wildman–Crippen LogP) is 6.40. The van der Waals surface area contributed by atoms with Crippen molar-refractivity contribution in [1.82, 2.24) is 0 Å². The van der Waals surface area contributed by atoms with Gasteiger partial charge in [0.15, 0.2) is 0 Å². The number of aryl methyl sites for hydroxylation is 3. The highest BCUT2D eigenvalue weighted by Gasteiger charge is 2.15. The van der Waals surface area contributed by atoms with Crippen molar-refractivity contribution in [3.63, 3.8) is 0 Å². The second-order valence-electron chi connectivity index (χ2n) is 7.01. The van der Waals surface area contributed by atoms with Gasteiger partial charge in [0.25, 0.3) is 0 Å². The standard InChI is InChI=1S/C23H29ClO3/c1-4-6-8-18-13-20(14-19(22(18)25)9-7-5-2)23(26)27-15-17-10-11-21(24)16(3)12-17/h10-14,25H,4-9,15H2,1-3H3. The van der Waals surface area contributed by atoms with E-state index in [0.29, 0.717) is 16.3 Å². The maximum atomic E-state index is 12.6. The Hall–Kier alpha value is -2.00. The van der Waals surface area contributed by atoms with Crippen molar-refractivity contribution < 1.29 is 14.6 Å². The third-order valence-electron chi connectivity index (χ3n) is 4.70. The van der Waals surface area contributed by atoms with Crippen molar-refractivity contribution in [3.8, 4) is 5.75 Å². The van der Waals surface area contributed by atoms with Gasteiger partial charge in [-0.15, -0.1) is 0 Å². The molecule has 27 heavy (non-hydrogen) atoms. The van der Waals surface area contributed by atoms with E-state index in [9.17, 15) is 9.90 Å². The second-order valence-corrected chi connectivity index (χ2v) is 7.42. The number of hydrogen-bond donors (Lipinski definition) is 1. The van der Waals surface area contributed by atoms with Gasteiger partial charge >= 0.3 is 5.97 Å². The number of esters is 1. The maximum absolute atomic E-state index is 12.6. The summed E-state index contributed by atoms with van der Waals surface area (Å²) >= 11 is 6.04. The molecule has 0 aromatic heterocycles. The fraction of sp³-hybridized carbons (Fsp3) is 0.435. The van der Waals surface area contributed by atoms with Crippen molar-refractivity contribution >= 4 is 17.6 Å². The van der Waals surface area contributed by atoms with E-state index < -0.39 is 0 Å². The van der Waals surface area contributed by atoms with Crippen molar-refractivity contribution in [2.45, 2.75) is 65.9 Å². The van der Waals surface area contributed by atoms with Gasteiger partial charge < -0.3 is 9.84 Å². The highest BCUT2D eigenvalue weighted by Crippen LogP contribution is 2.28. The first-order valence-electron chi connectivity index (χ1n) is 9.73. The lowest BCUT2D eigenvalue weighted by molar-refractivity contribution is 0.0472. The first kappa shape index (κ1) is 21.3. The highest BCUT2D eigenvalue weighted by atomic mass is 35.5. The third-order valence-corrected chi connectivity index (χ3v) is 5.12. The molecule has 2 aromatic carbocycles. The molecule has 0 aliphatic rings. The van der Waals surface area contributed by atoms with Crippen LogP contribution in [0.3, 0.4) is 0 Å². The quantitative estimate of drug-likeness (QED) is 0.506. The molecule has 0 unspecified atom stereocenters. The molecule has 0 radical (unpaired) electrons. The Balaban J connectivity index is 2.18. The summed E-state index contributed by atoms with van der Waals surface area (Å²) in [5.74, 6) is -0.0279. The SMILES string of the molecule is CCCCc1cc(C(=O)OCc2ccc(Cl)c(C)c2)cc(CCCC)c1O. The van der Waals surface area contributed by atoms with Gasteiger partial charge in [0.1, 0.15) is 12.4 Å². The molecule has 0 saturated carbocycles. The zero-order valence-electron chi connectivity index (χ0n) is 16.5. The lowest BCUT2D eigenvalue weighted by atomic mass is 9.97. The van der Waals surface area contributed by atoms with Crippen LogP contribution in [0.2, 0.25) is 5.02 Å². The zero-order chi connectivity index (χ0) is 19.8. The van der Waals surface area contributed by atoms with Crippen molar-refractivity contribution in [2.75, 3.05) is 0 Å². The molecule has 146 valence electrons. The van der Waals surface area contributed by atoms with Gasteiger partial charge in [0.2, 0.25) is 0 Å². The molecule has 0 saturated heterocycles. The first-order valence-corrected chi connectivity index (χ1v) is 10.1. The maximum Gasteiger partial charge on any atom is 0.338 e. The highest BCUT2D eigenvalue weighted by molar-refractivity contribution is 6.31. The molecule has 0 aliphatic heterocycles. The Kier molecular flexibility index (Phi) is 8.18. The average Bonchev–Trinajstić information content (AvgIpc) is 2.66. The van der Waals surface area contributed by atoms with Crippen LogP contribution >= 0.6 is 11.6 Å². The number of benzene rings is 2. The van der Waals surface area contributed by atoms with Gasteiger partial charge in [-0.3, -0.25) is 0 Å². The number of unbranched alkanes of at least 4 members (excludes halogenated alkanes) is 2.